The van der Waals surface area contributed by atoms with Gasteiger partial charge < -0.3 is 0 Å². The summed E-state index contributed by atoms with van der Waals surface area (Å²) in [5.41, 5.74) is 1.20. The average Bonchev–Trinajstić information content (AvgIpc) is 2.39. The van der Waals surface area contributed by atoms with Gasteiger partial charge in [-0.2, -0.15) is 0 Å². The topological polar surface area (TPSA) is 7.76 Å². The lowest BCUT2D eigenvalue weighted by molar-refractivity contribution is -1.28. The molecule has 1 aromatic carbocycles. The van der Waals surface area contributed by atoms with E-state index in [0.29, 0.717) is 0 Å². The van der Waals surface area contributed by atoms with Gasteiger partial charge in [0.25, 0.3) is 5.52 Å². The zero-order valence-corrected chi connectivity index (χ0v) is 8.82. The van der Waals surface area contributed by atoms with Crippen LogP contribution in [0.25, 0.3) is 10.9 Å². The highest BCUT2D eigenvalue weighted by atomic mass is 15.4. The second-order valence-electron chi connectivity index (χ2n) is 3.67. The van der Waals surface area contributed by atoms with Gasteiger partial charge in [0.15, 0.2) is 0 Å². The van der Waals surface area contributed by atoms with Crippen molar-refractivity contribution in [3.63, 3.8) is 0 Å². The molecular weight excluding hydrogens is 196 g/mol. The normalized spacial score (nSPS) is 10.5. The Hall–Kier alpha value is -2.22. The van der Waals surface area contributed by atoms with Crippen LogP contribution >= 0.6 is 0 Å². The molecule has 76 valence electrons. The fraction of sp³-hybridized carbons (Fsp3) is 0. The van der Waals surface area contributed by atoms with E-state index in [0.717, 1.165) is 0 Å². The SMILES string of the molecule is c1cc[n+](-[n+]2cccc3ccccc32)cc1. The Morgan fingerprint density at radius 2 is 1.38 bits per heavy atom. The van der Waals surface area contributed by atoms with Crippen molar-refractivity contribution < 1.29 is 9.35 Å². The number of fused-ring (bicyclic) bond motifs is 1. The number of benzene rings is 1. The van der Waals surface area contributed by atoms with Crippen molar-refractivity contribution >= 4 is 10.9 Å². The van der Waals surface area contributed by atoms with Crippen molar-refractivity contribution in [1.29, 1.82) is 0 Å². The van der Waals surface area contributed by atoms with Gasteiger partial charge in [0.05, 0.1) is 14.7 Å². The van der Waals surface area contributed by atoms with Gasteiger partial charge in [0, 0.05) is 24.3 Å². The van der Waals surface area contributed by atoms with Crippen LogP contribution in [0.1, 0.15) is 0 Å². The molecule has 0 bridgehead atoms. The lowest BCUT2D eigenvalue weighted by Crippen LogP contribution is -2.65. The Morgan fingerprint density at radius 3 is 2.25 bits per heavy atom. The first-order valence-electron chi connectivity index (χ1n) is 5.31. The van der Waals surface area contributed by atoms with E-state index in [1.165, 1.54) is 10.9 Å². The molecule has 0 saturated heterocycles. The van der Waals surface area contributed by atoms with Crippen LogP contribution in [0.3, 0.4) is 0 Å². The highest BCUT2D eigenvalue weighted by Gasteiger charge is 2.15. The standard InChI is InChI=1S/C14H12N2/c1-4-10-15(11-5-1)16-12-6-8-13-7-2-3-9-14(13)16/h1-12H/q+2. The molecule has 0 aliphatic rings. The molecule has 0 aliphatic heterocycles. The third kappa shape index (κ3) is 1.44. The summed E-state index contributed by atoms with van der Waals surface area (Å²) in [6.07, 6.45) is 6.13. The van der Waals surface area contributed by atoms with Gasteiger partial charge in [-0.25, -0.2) is 0 Å². The van der Waals surface area contributed by atoms with E-state index in [-0.39, 0.29) is 0 Å². The minimum absolute atomic E-state index is 1.20. The smallest absolute Gasteiger partial charge is 0.0612 e. The number of para-hydroxylation sites is 1. The van der Waals surface area contributed by atoms with Crippen LogP contribution in [-0.4, -0.2) is 0 Å². The Labute approximate surface area is 94.0 Å². The molecule has 0 unspecified atom stereocenters. The lowest BCUT2D eigenvalue weighted by Gasteiger charge is -1.93. The summed E-state index contributed by atoms with van der Waals surface area (Å²) in [5, 5.41) is 1.24. The van der Waals surface area contributed by atoms with Gasteiger partial charge in [-0.3, -0.25) is 0 Å². The van der Waals surface area contributed by atoms with Crippen molar-refractivity contribution in [3.8, 4) is 0 Å². The lowest BCUT2D eigenvalue weighted by atomic mass is 10.2. The Bertz CT molecular complexity index is 612. The summed E-state index contributed by atoms with van der Waals surface area (Å²) in [6, 6.07) is 18.6. The van der Waals surface area contributed by atoms with Gasteiger partial charge in [-0.1, -0.05) is 12.1 Å². The summed E-state index contributed by atoms with van der Waals surface area (Å²) in [5.74, 6) is 0. The van der Waals surface area contributed by atoms with Crippen LogP contribution in [-0.2, 0) is 0 Å². The molecule has 2 aromatic heterocycles. The zero-order valence-electron chi connectivity index (χ0n) is 8.82. The Kier molecular flexibility index (Phi) is 2.11. The van der Waals surface area contributed by atoms with E-state index in [1.54, 1.807) is 0 Å². The molecule has 3 rings (SSSR count). The molecule has 0 N–H and O–H groups in total. The highest BCUT2D eigenvalue weighted by molar-refractivity contribution is 5.74. The summed E-state index contributed by atoms with van der Waals surface area (Å²) < 4.78 is 4.18. The van der Waals surface area contributed by atoms with E-state index in [9.17, 15) is 0 Å². The molecule has 0 spiro atoms. The number of rotatable bonds is 1. The summed E-state index contributed by atoms with van der Waals surface area (Å²) in [7, 11) is 0. The van der Waals surface area contributed by atoms with Crippen LogP contribution in [0.2, 0.25) is 0 Å². The van der Waals surface area contributed by atoms with E-state index >= 15 is 0 Å². The molecular formula is C14H12N2+2. The van der Waals surface area contributed by atoms with Crippen molar-refractivity contribution in [2.45, 2.75) is 0 Å². The monoisotopic (exact) mass is 208 g/mol. The van der Waals surface area contributed by atoms with Gasteiger partial charge in [-0.15, -0.1) is 0 Å². The summed E-state index contributed by atoms with van der Waals surface area (Å²) in [4.78, 5) is 0. The van der Waals surface area contributed by atoms with Gasteiger partial charge in [-0.05, 0) is 18.2 Å². The van der Waals surface area contributed by atoms with E-state index < -0.39 is 0 Å². The Morgan fingerprint density at radius 1 is 0.625 bits per heavy atom. The van der Waals surface area contributed by atoms with Crippen molar-refractivity contribution in [2.75, 3.05) is 0 Å². The van der Waals surface area contributed by atoms with Crippen molar-refractivity contribution in [3.05, 3.63) is 73.2 Å². The fourth-order valence-electron chi connectivity index (χ4n) is 1.88. The summed E-state index contributed by atoms with van der Waals surface area (Å²) in [6.45, 7) is 0. The van der Waals surface area contributed by atoms with Crippen LogP contribution in [0.15, 0.2) is 73.2 Å². The van der Waals surface area contributed by atoms with Gasteiger partial charge in [0.2, 0.25) is 18.6 Å². The second kappa shape index (κ2) is 3.74. The Balaban J connectivity index is 2.32. The minimum atomic E-state index is 1.20. The molecule has 0 fully saturated rings. The van der Waals surface area contributed by atoms with Crippen LogP contribution < -0.4 is 9.35 Å². The van der Waals surface area contributed by atoms with E-state index in [4.69, 9.17) is 0 Å². The predicted molar refractivity (Wildman–Crippen MR) is 61.6 cm³/mol. The largest absolute Gasteiger partial charge is 0.284 e. The number of aromatic nitrogens is 2. The molecule has 0 atom stereocenters. The maximum atomic E-state index is 2.12. The highest BCUT2D eigenvalue weighted by Crippen LogP contribution is 2.06. The minimum Gasteiger partial charge on any atom is -0.0612 e. The first-order valence-corrected chi connectivity index (χ1v) is 5.31. The molecule has 0 saturated carbocycles. The first kappa shape index (κ1) is 9.04. The molecule has 0 radical (unpaired) electrons. The number of nitrogens with zero attached hydrogens (tertiary/aromatic N) is 2. The quantitative estimate of drug-likeness (QED) is 0.538. The van der Waals surface area contributed by atoms with Crippen LogP contribution in [0, 0.1) is 0 Å². The molecule has 2 heterocycles. The fourth-order valence-corrected chi connectivity index (χ4v) is 1.88. The molecule has 0 aliphatic carbocycles. The van der Waals surface area contributed by atoms with Gasteiger partial charge >= 0.3 is 0 Å². The second-order valence-corrected chi connectivity index (χ2v) is 3.67. The summed E-state index contributed by atoms with van der Waals surface area (Å²) >= 11 is 0. The van der Waals surface area contributed by atoms with E-state index in [1.807, 2.05) is 30.6 Å². The zero-order chi connectivity index (χ0) is 10.8. The van der Waals surface area contributed by atoms with Gasteiger partial charge in [0.1, 0.15) is 0 Å². The van der Waals surface area contributed by atoms with Crippen molar-refractivity contribution in [2.24, 2.45) is 0 Å². The number of hydrogen-bond acceptors (Lipinski definition) is 0. The number of hydrogen-bond donors (Lipinski definition) is 0. The van der Waals surface area contributed by atoms with Crippen LogP contribution in [0.4, 0.5) is 0 Å². The number of pyridine rings is 2. The maximum absolute atomic E-state index is 2.12. The molecule has 2 heteroatoms. The third-order valence-corrected chi connectivity index (χ3v) is 2.64. The van der Waals surface area contributed by atoms with Crippen molar-refractivity contribution in [1.82, 2.24) is 0 Å². The average molecular weight is 208 g/mol. The molecule has 3 aromatic rings. The third-order valence-electron chi connectivity index (χ3n) is 2.64. The molecule has 0 amide bonds. The van der Waals surface area contributed by atoms with Crippen LogP contribution in [0.5, 0.6) is 0 Å². The maximum Gasteiger partial charge on any atom is 0.284 e. The predicted octanol–water partition coefficient (Wildman–Crippen LogP) is 1.73. The van der Waals surface area contributed by atoms with E-state index in [2.05, 4.69) is 51.9 Å². The molecule has 2 nitrogen and oxygen atoms in total. The first-order chi connectivity index (χ1) is 7.95. The molecule has 16 heavy (non-hydrogen) atoms.